The number of thiazole rings is 1. The number of fused-ring (bicyclic) bond motifs is 1. The summed E-state index contributed by atoms with van der Waals surface area (Å²) in [7, 11) is 0. The minimum atomic E-state index is -4.80. The standard InChI is InChI=1S/C60H68F3N7O12S2/c1-38(2)52(68-35-43-8-6-7-9-48(43)55(68)73)56(74)67-36-46(71)32-50(67)54(72)65-34-42-11-10-40(53-39(3)66-37-84-53)30-51(42)82-29-27-80-25-23-78-21-19-76-18-20-77-22-24-79-26-28-81-47-16-14-44(15-17-47)70-58(83)69(57(75)59(70,4)5)45-13-12-41(33-64)49(31-45)60(61,62)63/h6-17,30-31,37-38,46,50,52,71H,18-29,32,34-36H2,1-5H3,(H,65,72)/t46-,50+,52+/m1/s1. The molecule has 448 valence electrons. The van der Waals surface area contributed by atoms with Gasteiger partial charge in [-0.3, -0.25) is 24.1 Å². The molecule has 8 rings (SSSR count). The van der Waals surface area contributed by atoms with Crippen molar-refractivity contribution in [1.82, 2.24) is 20.1 Å². The smallest absolute Gasteiger partial charge is 0.417 e. The van der Waals surface area contributed by atoms with Gasteiger partial charge in [-0.2, -0.15) is 18.4 Å². The maximum Gasteiger partial charge on any atom is 0.417 e. The molecule has 2 fully saturated rings. The largest absolute Gasteiger partial charge is 0.491 e. The number of rotatable bonds is 29. The van der Waals surface area contributed by atoms with Gasteiger partial charge in [0.25, 0.3) is 11.8 Å². The van der Waals surface area contributed by atoms with Crippen molar-refractivity contribution in [1.29, 1.82) is 5.26 Å². The fraction of sp³-hybridized carbons (Fsp3) is 0.450. The van der Waals surface area contributed by atoms with E-state index in [1.54, 1.807) is 71.6 Å². The van der Waals surface area contributed by atoms with Gasteiger partial charge < -0.3 is 58.3 Å². The van der Waals surface area contributed by atoms with E-state index >= 15 is 0 Å². The third-order valence-electron chi connectivity index (χ3n) is 14.4. The Balaban J connectivity index is 0.676. The van der Waals surface area contributed by atoms with Crippen LogP contribution in [-0.4, -0.2) is 158 Å². The Morgan fingerprint density at radius 3 is 2.04 bits per heavy atom. The number of amides is 4. The summed E-state index contributed by atoms with van der Waals surface area (Å²) in [5, 5.41) is 22.9. The number of nitriles is 1. The van der Waals surface area contributed by atoms with Gasteiger partial charge in [0.1, 0.15) is 42.3 Å². The Morgan fingerprint density at radius 2 is 1.45 bits per heavy atom. The SMILES string of the molecule is Cc1ncsc1-c1ccc(CNC(=O)[C@@H]2C[C@@H](O)CN2C(=O)[C@H](C(C)C)N2Cc3ccccc3C2=O)c(OCCOCCOCCOCCOCCOCCOc2ccc(N3C(=S)N(c4ccc(C#N)c(C(F)(F)F)c4)C(=O)C3(C)C)cc2)c1. The Kier molecular flexibility index (Phi) is 21.5. The summed E-state index contributed by atoms with van der Waals surface area (Å²) in [5.74, 6) is -0.723. The van der Waals surface area contributed by atoms with Gasteiger partial charge in [-0.15, -0.1) is 11.3 Å². The number of aliphatic hydroxyl groups excluding tert-OH is 1. The lowest BCUT2D eigenvalue weighted by molar-refractivity contribution is -0.143. The second-order valence-corrected chi connectivity index (χ2v) is 22.1. The molecule has 2 saturated heterocycles. The number of thiocarbonyl (C=S) groups is 1. The number of nitrogens with zero attached hydrogens (tertiary/aromatic N) is 6. The highest BCUT2D eigenvalue weighted by atomic mass is 32.1. The molecule has 84 heavy (non-hydrogen) atoms. The highest BCUT2D eigenvalue weighted by Crippen LogP contribution is 2.41. The molecule has 0 radical (unpaired) electrons. The lowest BCUT2D eigenvalue weighted by Crippen LogP contribution is -2.55. The van der Waals surface area contributed by atoms with Crippen molar-refractivity contribution in [3.63, 3.8) is 0 Å². The molecule has 4 aromatic carbocycles. The number of carbonyl (C=O) groups is 4. The summed E-state index contributed by atoms with van der Waals surface area (Å²) < 4.78 is 81.4. The summed E-state index contributed by atoms with van der Waals surface area (Å²) in [4.78, 5) is 66.1. The van der Waals surface area contributed by atoms with Crippen molar-refractivity contribution in [2.24, 2.45) is 5.92 Å². The number of ether oxygens (including phenoxy) is 7. The number of aryl methyl sites for hydroxylation is 1. The van der Waals surface area contributed by atoms with Crippen molar-refractivity contribution in [2.75, 3.05) is 95.6 Å². The van der Waals surface area contributed by atoms with E-state index in [4.69, 9.17) is 45.4 Å². The van der Waals surface area contributed by atoms with Crippen LogP contribution in [0.5, 0.6) is 11.5 Å². The van der Waals surface area contributed by atoms with Crippen molar-refractivity contribution < 1.29 is 70.6 Å². The van der Waals surface area contributed by atoms with Gasteiger partial charge >= 0.3 is 6.18 Å². The van der Waals surface area contributed by atoms with E-state index < -0.39 is 52.8 Å². The first-order chi connectivity index (χ1) is 40.3. The first kappa shape index (κ1) is 63.0. The summed E-state index contributed by atoms with van der Waals surface area (Å²) in [6.45, 7) is 13.1. The van der Waals surface area contributed by atoms with Crippen molar-refractivity contribution >= 4 is 63.7 Å². The van der Waals surface area contributed by atoms with Crippen LogP contribution in [0.3, 0.4) is 0 Å². The average Bonchev–Trinajstić information content (AvgIpc) is 3.36. The molecule has 4 heterocycles. The maximum atomic E-state index is 14.2. The van der Waals surface area contributed by atoms with E-state index in [-0.39, 0.29) is 74.5 Å². The molecule has 3 atom stereocenters. The number of β-amino-alcohol motifs (C(OH)–C–C–N with tert-alkyl or cyclic N) is 1. The molecular formula is C60H68F3N7O12S2. The zero-order valence-corrected chi connectivity index (χ0v) is 49.0. The predicted molar refractivity (Wildman–Crippen MR) is 310 cm³/mol. The van der Waals surface area contributed by atoms with Crippen molar-refractivity contribution in [2.45, 2.75) is 84.0 Å². The van der Waals surface area contributed by atoms with Gasteiger partial charge in [-0.05, 0) is 105 Å². The topological polar surface area (TPSA) is 215 Å². The van der Waals surface area contributed by atoms with Crippen LogP contribution in [0.15, 0.2) is 90.4 Å². The molecule has 5 aromatic rings. The second kappa shape index (κ2) is 28.7. The number of hydrogen-bond acceptors (Lipinski definition) is 16. The van der Waals surface area contributed by atoms with E-state index in [1.807, 2.05) is 51.1 Å². The summed E-state index contributed by atoms with van der Waals surface area (Å²) >= 11 is 7.13. The van der Waals surface area contributed by atoms with E-state index in [0.29, 0.717) is 87.7 Å². The molecule has 0 spiro atoms. The number of nitrogens with one attached hydrogen (secondary N) is 1. The van der Waals surface area contributed by atoms with E-state index in [0.717, 1.165) is 38.7 Å². The number of aromatic nitrogens is 1. The highest BCUT2D eigenvalue weighted by molar-refractivity contribution is 7.81. The fourth-order valence-corrected chi connectivity index (χ4v) is 11.5. The summed E-state index contributed by atoms with van der Waals surface area (Å²) in [6, 6.07) is 22.7. The minimum Gasteiger partial charge on any atom is -0.491 e. The van der Waals surface area contributed by atoms with Crippen molar-refractivity contribution in [3.8, 4) is 28.0 Å². The van der Waals surface area contributed by atoms with Crippen LogP contribution >= 0.6 is 23.6 Å². The molecule has 2 N–H and O–H groups in total. The van der Waals surface area contributed by atoms with Crippen LogP contribution in [-0.2, 0) is 57.3 Å². The van der Waals surface area contributed by atoms with Gasteiger partial charge in [0.15, 0.2) is 5.11 Å². The van der Waals surface area contributed by atoms with Crippen LogP contribution in [0.2, 0.25) is 0 Å². The fourth-order valence-electron chi connectivity index (χ4n) is 10.2. The van der Waals surface area contributed by atoms with Crippen LogP contribution < -0.4 is 24.6 Å². The monoisotopic (exact) mass is 1200 g/mol. The van der Waals surface area contributed by atoms with Crippen molar-refractivity contribution in [3.05, 3.63) is 124 Å². The van der Waals surface area contributed by atoms with E-state index in [9.17, 15) is 42.7 Å². The number of hydrogen-bond donors (Lipinski definition) is 2. The van der Waals surface area contributed by atoms with Gasteiger partial charge in [0.05, 0.1) is 111 Å². The van der Waals surface area contributed by atoms with E-state index in [1.165, 1.54) is 22.3 Å². The highest BCUT2D eigenvalue weighted by Gasteiger charge is 2.51. The molecule has 1 aromatic heterocycles. The molecule has 0 bridgehead atoms. The molecule has 0 aliphatic carbocycles. The zero-order valence-electron chi connectivity index (χ0n) is 47.4. The predicted octanol–water partition coefficient (Wildman–Crippen LogP) is 7.73. The quantitative estimate of drug-likeness (QED) is 0.0346. The van der Waals surface area contributed by atoms with Crippen LogP contribution in [0, 0.1) is 24.2 Å². The normalized spacial score (nSPS) is 17.1. The number of anilines is 2. The van der Waals surface area contributed by atoms with Gasteiger partial charge in [0.2, 0.25) is 11.8 Å². The van der Waals surface area contributed by atoms with E-state index in [2.05, 4.69) is 10.3 Å². The lowest BCUT2D eigenvalue weighted by Gasteiger charge is -2.35. The third kappa shape index (κ3) is 15.1. The molecule has 0 unspecified atom stereocenters. The Labute approximate surface area is 495 Å². The van der Waals surface area contributed by atoms with Crippen LogP contribution in [0.25, 0.3) is 10.4 Å². The molecule has 19 nitrogen and oxygen atoms in total. The summed E-state index contributed by atoms with van der Waals surface area (Å²) in [5.41, 5.74) is 3.17. The second-order valence-electron chi connectivity index (χ2n) is 20.9. The number of halogens is 3. The number of alkyl halides is 3. The third-order valence-corrected chi connectivity index (χ3v) is 15.7. The Morgan fingerprint density at radius 1 is 0.845 bits per heavy atom. The number of benzene rings is 4. The minimum absolute atomic E-state index is 0.00970. The van der Waals surface area contributed by atoms with Crippen LogP contribution in [0.1, 0.15) is 72.4 Å². The van der Waals surface area contributed by atoms with Gasteiger partial charge in [-0.1, -0.05) is 44.2 Å². The number of carbonyl (C=O) groups excluding carboxylic acids is 4. The van der Waals surface area contributed by atoms with Gasteiger partial charge in [0, 0.05) is 42.9 Å². The first-order valence-corrected chi connectivity index (χ1v) is 28.8. The number of aliphatic hydroxyl groups is 1. The molecule has 3 aliphatic rings. The lowest BCUT2D eigenvalue weighted by atomic mass is 10.0. The van der Waals surface area contributed by atoms with Crippen LogP contribution in [0.4, 0.5) is 24.5 Å². The molecule has 3 aliphatic heterocycles. The molecule has 24 heteroatoms. The Hall–Kier alpha value is -7.08. The molecule has 0 saturated carbocycles. The average molecular weight is 1200 g/mol. The maximum absolute atomic E-state index is 14.2. The molecular weight excluding hydrogens is 1130 g/mol. The molecule has 4 amide bonds. The van der Waals surface area contributed by atoms with Gasteiger partial charge in [-0.25, -0.2) is 4.98 Å². The Bertz CT molecular complexity index is 3170. The number of likely N-dealkylation sites (tertiary alicyclic amines) is 1. The zero-order chi connectivity index (χ0) is 60.1. The first-order valence-electron chi connectivity index (χ1n) is 27.5. The summed E-state index contributed by atoms with van der Waals surface area (Å²) in [6.07, 6.45) is -5.64.